The van der Waals surface area contributed by atoms with Crippen LogP contribution < -0.4 is 0 Å². The molecular weight excluding hydrogens is 224 g/mol. The minimum absolute atomic E-state index is 0.0885. The van der Waals surface area contributed by atoms with Crippen LogP contribution in [0.2, 0.25) is 0 Å². The van der Waals surface area contributed by atoms with Crippen LogP contribution in [0, 0.1) is 0 Å². The van der Waals surface area contributed by atoms with Crippen LogP contribution >= 0.6 is 11.8 Å². The molecule has 0 saturated heterocycles. The number of esters is 1. The maximum atomic E-state index is 11.3. The first kappa shape index (κ1) is 12.8. The van der Waals surface area contributed by atoms with Crippen molar-refractivity contribution in [2.45, 2.75) is 24.8 Å². The first-order valence-electron chi connectivity index (χ1n) is 4.99. The Kier molecular flexibility index (Phi) is 5.05. The summed E-state index contributed by atoms with van der Waals surface area (Å²) in [6.07, 6.45) is 0.700. The lowest BCUT2D eigenvalue weighted by atomic mass is 10.2. The molecule has 4 heteroatoms. The van der Waals surface area contributed by atoms with E-state index in [9.17, 15) is 9.59 Å². The van der Waals surface area contributed by atoms with Crippen molar-refractivity contribution in [3.8, 4) is 0 Å². The average Bonchev–Trinajstić information content (AvgIpc) is 2.26. The zero-order valence-electron chi connectivity index (χ0n) is 9.30. The van der Waals surface area contributed by atoms with Crippen LogP contribution in [0.1, 0.15) is 24.2 Å². The Morgan fingerprint density at radius 3 is 2.88 bits per heavy atom. The summed E-state index contributed by atoms with van der Waals surface area (Å²) in [7, 11) is 0. The number of hydrogen-bond donors (Lipinski definition) is 0. The van der Waals surface area contributed by atoms with Gasteiger partial charge in [-0.2, -0.15) is 0 Å². The summed E-state index contributed by atoms with van der Waals surface area (Å²) in [6, 6.07) is 7.13. The lowest BCUT2D eigenvalue weighted by molar-refractivity contribution is -0.144. The minimum Gasteiger partial charge on any atom is -0.462 e. The molecule has 0 aliphatic carbocycles. The van der Waals surface area contributed by atoms with Crippen LogP contribution in [0.25, 0.3) is 0 Å². The van der Waals surface area contributed by atoms with Gasteiger partial charge in [-0.3, -0.25) is 9.59 Å². The first-order chi connectivity index (χ1) is 7.61. The highest BCUT2D eigenvalue weighted by molar-refractivity contribution is 8.00. The van der Waals surface area contributed by atoms with Crippen LogP contribution in [0.4, 0.5) is 0 Å². The summed E-state index contributed by atoms with van der Waals surface area (Å²) in [4.78, 5) is 22.7. The molecule has 0 fully saturated rings. The number of ether oxygens (including phenoxy) is 1. The van der Waals surface area contributed by atoms with Crippen LogP contribution in [0.5, 0.6) is 0 Å². The average molecular weight is 238 g/mol. The lowest BCUT2D eigenvalue weighted by Gasteiger charge is -2.07. The highest BCUT2D eigenvalue weighted by Gasteiger charge is 2.06. The monoisotopic (exact) mass is 238 g/mol. The second-order valence-corrected chi connectivity index (χ2v) is 4.57. The van der Waals surface area contributed by atoms with Gasteiger partial charge in [0.1, 0.15) is 6.29 Å². The van der Waals surface area contributed by atoms with Crippen molar-refractivity contribution in [2.24, 2.45) is 0 Å². The van der Waals surface area contributed by atoms with E-state index >= 15 is 0 Å². The van der Waals surface area contributed by atoms with Gasteiger partial charge in [0.05, 0.1) is 11.9 Å². The molecule has 1 rings (SSSR count). The van der Waals surface area contributed by atoms with Gasteiger partial charge in [-0.25, -0.2) is 0 Å². The van der Waals surface area contributed by atoms with Gasteiger partial charge in [-0.05, 0) is 26.0 Å². The van der Waals surface area contributed by atoms with Crippen LogP contribution in [-0.4, -0.2) is 24.1 Å². The fourth-order valence-corrected chi connectivity index (χ4v) is 1.86. The quantitative estimate of drug-likeness (QED) is 0.449. The summed E-state index contributed by atoms with van der Waals surface area (Å²) in [5, 5.41) is 0. The molecule has 0 aromatic heterocycles. The number of rotatable bonds is 5. The smallest absolute Gasteiger partial charge is 0.316 e. The predicted octanol–water partition coefficient (Wildman–Crippen LogP) is 2.54. The van der Waals surface area contributed by atoms with Crippen molar-refractivity contribution in [3.05, 3.63) is 29.8 Å². The van der Waals surface area contributed by atoms with Crippen molar-refractivity contribution in [1.29, 1.82) is 0 Å². The minimum atomic E-state index is -0.239. The Morgan fingerprint density at radius 2 is 2.25 bits per heavy atom. The maximum absolute atomic E-state index is 11.3. The third kappa shape index (κ3) is 4.49. The van der Waals surface area contributed by atoms with E-state index in [0.29, 0.717) is 5.56 Å². The van der Waals surface area contributed by atoms with E-state index in [2.05, 4.69) is 0 Å². The van der Waals surface area contributed by atoms with Gasteiger partial charge in [-0.1, -0.05) is 12.1 Å². The molecular formula is C12H14O3S. The summed E-state index contributed by atoms with van der Waals surface area (Å²) in [5.41, 5.74) is 0.613. The van der Waals surface area contributed by atoms with Gasteiger partial charge >= 0.3 is 5.97 Å². The zero-order valence-corrected chi connectivity index (χ0v) is 10.1. The summed E-state index contributed by atoms with van der Waals surface area (Å²) in [6.45, 7) is 3.63. The normalized spacial score (nSPS) is 10.2. The van der Waals surface area contributed by atoms with E-state index < -0.39 is 0 Å². The highest BCUT2D eigenvalue weighted by atomic mass is 32.2. The molecule has 3 nitrogen and oxygen atoms in total. The number of hydrogen-bond acceptors (Lipinski definition) is 4. The van der Waals surface area contributed by atoms with Crippen molar-refractivity contribution < 1.29 is 14.3 Å². The van der Waals surface area contributed by atoms with Crippen LogP contribution in [-0.2, 0) is 9.53 Å². The van der Waals surface area contributed by atoms with Crippen molar-refractivity contribution in [1.82, 2.24) is 0 Å². The molecule has 0 saturated carbocycles. The first-order valence-corrected chi connectivity index (χ1v) is 5.98. The summed E-state index contributed by atoms with van der Waals surface area (Å²) in [5.74, 6) is 0.0250. The molecule has 0 unspecified atom stereocenters. The van der Waals surface area contributed by atoms with E-state index in [4.69, 9.17) is 4.74 Å². The molecule has 0 amide bonds. The second-order valence-electron chi connectivity index (χ2n) is 3.52. The Balaban J connectivity index is 2.48. The molecule has 0 aliphatic rings. The predicted molar refractivity (Wildman–Crippen MR) is 63.8 cm³/mol. The van der Waals surface area contributed by atoms with E-state index in [0.717, 1.165) is 11.2 Å². The number of carbonyl (C=O) groups is 2. The van der Waals surface area contributed by atoms with Crippen LogP contribution in [0.15, 0.2) is 29.2 Å². The van der Waals surface area contributed by atoms with Gasteiger partial charge in [0.25, 0.3) is 0 Å². The molecule has 1 aromatic carbocycles. The van der Waals surface area contributed by atoms with E-state index in [1.165, 1.54) is 11.8 Å². The van der Waals surface area contributed by atoms with E-state index in [1.807, 2.05) is 19.9 Å². The molecule has 0 radical (unpaired) electrons. The zero-order chi connectivity index (χ0) is 12.0. The van der Waals surface area contributed by atoms with Gasteiger partial charge in [0, 0.05) is 10.5 Å². The van der Waals surface area contributed by atoms with Gasteiger partial charge in [-0.15, -0.1) is 11.8 Å². The molecule has 0 N–H and O–H groups in total. The highest BCUT2D eigenvalue weighted by Crippen LogP contribution is 2.18. The lowest BCUT2D eigenvalue weighted by Crippen LogP contribution is -2.13. The molecule has 0 heterocycles. The SMILES string of the molecule is CC(C)OC(=O)CSc1cccc(C=O)c1. The second kappa shape index (κ2) is 6.33. The summed E-state index contributed by atoms with van der Waals surface area (Å²) < 4.78 is 5.00. The van der Waals surface area contributed by atoms with Crippen molar-refractivity contribution in [3.63, 3.8) is 0 Å². The van der Waals surface area contributed by atoms with E-state index in [-0.39, 0.29) is 17.8 Å². The molecule has 16 heavy (non-hydrogen) atoms. The molecule has 0 bridgehead atoms. The third-order valence-electron chi connectivity index (χ3n) is 1.72. The molecule has 86 valence electrons. The number of thioether (sulfide) groups is 1. The number of benzene rings is 1. The Bertz CT molecular complexity index is 374. The molecule has 0 atom stereocenters. The Morgan fingerprint density at radius 1 is 1.50 bits per heavy atom. The summed E-state index contributed by atoms with van der Waals surface area (Å²) >= 11 is 1.37. The molecule has 0 spiro atoms. The van der Waals surface area contributed by atoms with Crippen molar-refractivity contribution >= 4 is 24.0 Å². The Labute approximate surface area is 99.2 Å². The largest absolute Gasteiger partial charge is 0.462 e. The topological polar surface area (TPSA) is 43.4 Å². The molecule has 0 aliphatic heterocycles. The van der Waals surface area contributed by atoms with E-state index in [1.54, 1.807) is 18.2 Å². The standard InChI is InChI=1S/C12H14O3S/c1-9(2)15-12(14)8-16-11-5-3-4-10(6-11)7-13/h3-7,9H,8H2,1-2H3. The fourth-order valence-electron chi connectivity index (χ4n) is 1.12. The van der Waals surface area contributed by atoms with Crippen molar-refractivity contribution in [2.75, 3.05) is 5.75 Å². The van der Waals surface area contributed by atoms with Crippen LogP contribution in [0.3, 0.4) is 0 Å². The number of aldehydes is 1. The molecule has 1 aromatic rings. The Hall–Kier alpha value is -1.29. The van der Waals surface area contributed by atoms with Gasteiger partial charge in [0.15, 0.2) is 0 Å². The fraction of sp³-hybridized carbons (Fsp3) is 0.333. The van der Waals surface area contributed by atoms with Gasteiger partial charge < -0.3 is 4.74 Å². The maximum Gasteiger partial charge on any atom is 0.316 e. The number of carbonyl (C=O) groups excluding carboxylic acids is 2. The van der Waals surface area contributed by atoms with Gasteiger partial charge in [0.2, 0.25) is 0 Å². The third-order valence-corrected chi connectivity index (χ3v) is 2.69.